The molecule has 1 nitrogen and oxygen atoms in total. The highest BCUT2D eigenvalue weighted by molar-refractivity contribution is 4.92. The van der Waals surface area contributed by atoms with Gasteiger partial charge >= 0.3 is 0 Å². The van der Waals surface area contributed by atoms with Crippen molar-refractivity contribution in [3.63, 3.8) is 0 Å². The van der Waals surface area contributed by atoms with Crippen LogP contribution in [0, 0.1) is 11.8 Å². The van der Waals surface area contributed by atoms with Crippen molar-refractivity contribution in [1.82, 2.24) is 5.32 Å². The smallest absolute Gasteiger partial charge is 0.0158 e. The van der Waals surface area contributed by atoms with Crippen LogP contribution < -0.4 is 5.32 Å². The Morgan fingerprint density at radius 3 is 1.88 bits per heavy atom. The van der Waals surface area contributed by atoms with E-state index in [2.05, 4.69) is 46.9 Å². The molecular formula is C15H31N. The summed E-state index contributed by atoms with van der Waals surface area (Å²) < 4.78 is 0. The van der Waals surface area contributed by atoms with Crippen LogP contribution in [-0.4, -0.2) is 11.1 Å². The van der Waals surface area contributed by atoms with Crippen LogP contribution in [0.25, 0.3) is 0 Å². The zero-order valence-electron chi connectivity index (χ0n) is 12.2. The van der Waals surface area contributed by atoms with E-state index in [1.54, 1.807) is 0 Å². The summed E-state index contributed by atoms with van der Waals surface area (Å²) in [5.41, 5.74) is 0.465. The lowest BCUT2D eigenvalue weighted by Gasteiger charge is -2.43. The van der Waals surface area contributed by atoms with Gasteiger partial charge < -0.3 is 5.32 Å². The van der Waals surface area contributed by atoms with Crippen molar-refractivity contribution in [2.75, 3.05) is 0 Å². The average Bonchev–Trinajstić information content (AvgIpc) is 2.14. The van der Waals surface area contributed by atoms with Gasteiger partial charge in [0.1, 0.15) is 0 Å². The van der Waals surface area contributed by atoms with Gasteiger partial charge in [0.15, 0.2) is 0 Å². The monoisotopic (exact) mass is 225 g/mol. The van der Waals surface area contributed by atoms with Crippen molar-refractivity contribution in [2.45, 2.75) is 84.7 Å². The van der Waals surface area contributed by atoms with Crippen LogP contribution in [0.5, 0.6) is 0 Å². The third kappa shape index (κ3) is 4.08. The summed E-state index contributed by atoms with van der Waals surface area (Å²) in [6.45, 7) is 14.0. The number of hydrogen-bond acceptors (Lipinski definition) is 1. The summed E-state index contributed by atoms with van der Waals surface area (Å²) in [4.78, 5) is 0. The molecule has 0 aromatic heterocycles. The number of hydrogen-bond donors (Lipinski definition) is 1. The van der Waals surface area contributed by atoms with Crippen LogP contribution >= 0.6 is 0 Å². The molecule has 1 aliphatic rings. The van der Waals surface area contributed by atoms with Gasteiger partial charge in [-0.2, -0.15) is 0 Å². The van der Waals surface area contributed by atoms with E-state index in [0.717, 1.165) is 11.8 Å². The second-order valence-electron chi connectivity index (χ2n) is 7.28. The van der Waals surface area contributed by atoms with Crippen molar-refractivity contribution in [2.24, 2.45) is 11.8 Å². The van der Waals surface area contributed by atoms with E-state index in [1.165, 1.54) is 32.1 Å². The molecule has 0 bridgehead atoms. The summed E-state index contributed by atoms with van der Waals surface area (Å²) in [5.74, 6) is 1.70. The Kier molecular flexibility index (Phi) is 4.45. The zero-order chi connectivity index (χ0) is 12.4. The SMILES string of the molecule is CC(C1CCCCC1)C(C)(C)NC(C)(C)C. The van der Waals surface area contributed by atoms with Crippen LogP contribution in [0.1, 0.15) is 73.6 Å². The first-order valence-electron chi connectivity index (χ1n) is 7.02. The van der Waals surface area contributed by atoms with E-state index in [-0.39, 0.29) is 11.1 Å². The van der Waals surface area contributed by atoms with Crippen LogP contribution in [0.3, 0.4) is 0 Å². The largest absolute Gasteiger partial charge is 0.307 e. The molecule has 0 amide bonds. The third-order valence-electron chi connectivity index (χ3n) is 4.19. The predicted molar refractivity (Wildman–Crippen MR) is 72.7 cm³/mol. The Labute approximate surface area is 102 Å². The molecule has 0 saturated heterocycles. The molecule has 1 N–H and O–H groups in total. The van der Waals surface area contributed by atoms with Crippen molar-refractivity contribution in [3.8, 4) is 0 Å². The highest BCUT2D eigenvalue weighted by atomic mass is 15.0. The molecule has 1 saturated carbocycles. The first-order valence-corrected chi connectivity index (χ1v) is 7.02. The molecule has 0 radical (unpaired) electrons. The first-order chi connectivity index (χ1) is 7.22. The topological polar surface area (TPSA) is 12.0 Å². The van der Waals surface area contributed by atoms with Gasteiger partial charge in [0.2, 0.25) is 0 Å². The van der Waals surface area contributed by atoms with E-state index in [4.69, 9.17) is 0 Å². The minimum Gasteiger partial charge on any atom is -0.307 e. The fourth-order valence-corrected chi connectivity index (χ4v) is 3.30. The Balaban J connectivity index is 2.59. The van der Waals surface area contributed by atoms with Crippen molar-refractivity contribution in [1.29, 1.82) is 0 Å². The molecule has 1 fully saturated rings. The molecule has 0 aliphatic heterocycles. The minimum absolute atomic E-state index is 0.215. The van der Waals surface area contributed by atoms with Crippen molar-refractivity contribution in [3.05, 3.63) is 0 Å². The van der Waals surface area contributed by atoms with Gasteiger partial charge in [-0.05, 0) is 46.5 Å². The van der Waals surface area contributed by atoms with Crippen molar-refractivity contribution >= 4 is 0 Å². The third-order valence-corrected chi connectivity index (χ3v) is 4.19. The van der Waals surface area contributed by atoms with E-state index >= 15 is 0 Å². The van der Waals surface area contributed by atoms with Crippen LogP contribution in [-0.2, 0) is 0 Å². The molecule has 1 atom stereocenters. The first kappa shape index (κ1) is 14.0. The molecular weight excluding hydrogens is 194 g/mol. The Hall–Kier alpha value is -0.0400. The summed E-state index contributed by atoms with van der Waals surface area (Å²) in [7, 11) is 0. The minimum atomic E-state index is 0.215. The molecule has 96 valence electrons. The van der Waals surface area contributed by atoms with Gasteiger partial charge in [0.05, 0.1) is 0 Å². The van der Waals surface area contributed by atoms with Crippen LogP contribution in [0.4, 0.5) is 0 Å². The predicted octanol–water partition coefficient (Wildman–Crippen LogP) is 4.37. The summed E-state index contributed by atoms with van der Waals surface area (Å²) in [6, 6.07) is 0. The Morgan fingerprint density at radius 1 is 0.938 bits per heavy atom. The summed E-state index contributed by atoms with van der Waals surface area (Å²) in [6.07, 6.45) is 7.23. The second-order valence-corrected chi connectivity index (χ2v) is 7.28. The van der Waals surface area contributed by atoms with Gasteiger partial charge in [-0.1, -0.05) is 39.0 Å². The van der Waals surface area contributed by atoms with Crippen LogP contribution in [0.15, 0.2) is 0 Å². The average molecular weight is 225 g/mol. The Bertz CT molecular complexity index is 206. The number of rotatable bonds is 3. The quantitative estimate of drug-likeness (QED) is 0.752. The fraction of sp³-hybridized carbons (Fsp3) is 1.00. The van der Waals surface area contributed by atoms with Gasteiger partial charge in [-0.25, -0.2) is 0 Å². The van der Waals surface area contributed by atoms with E-state index in [0.29, 0.717) is 0 Å². The maximum absolute atomic E-state index is 3.79. The van der Waals surface area contributed by atoms with E-state index < -0.39 is 0 Å². The summed E-state index contributed by atoms with van der Waals surface area (Å²) >= 11 is 0. The van der Waals surface area contributed by atoms with Gasteiger partial charge in [-0.3, -0.25) is 0 Å². The maximum Gasteiger partial charge on any atom is 0.0158 e. The molecule has 1 heteroatoms. The van der Waals surface area contributed by atoms with E-state index in [9.17, 15) is 0 Å². The zero-order valence-corrected chi connectivity index (χ0v) is 12.2. The molecule has 0 spiro atoms. The molecule has 1 aliphatic carbocycles. The molecule has 1 rings (SSSR count). The standard InChI is InChI=1S/C15H31N/c1-12(13-10-8-7-9-11-13)15(5,6)16-14(2,3)4/h12-13,16H,7-11H2,1-6H3. The van der Waals surface area contributed by atoms with Gasteiger partial charge in [0, 0.05) is 11.1 Å². The molecule has 0 aromatic carbocycles. The molecule has 16 heavy (non-hydrogen) atoms. The lowest BCUT2D eigenvalue weighted by atomic mass is 9.72. The number of nitrogens with one attached hydrogen (secondary N) is 1. The highest BCUT2D eigenvalue weighted by Crippen LogP contribution is 2.36. The maximum atomic E-state index is 3.79. The summed E-state index contributed by atoms with van der Waals surface area (Å²) in [5, 5.41) is 3.79. The van der Waals surface area contributed by atoms with Crippen molar-refractivity contribution < 1.29 is 0 Å². The van der Waals surface area contributed by atoms with Crippen LogP contribution in [0.2, 0.25) is 0 Å². The van der Waals surface area contributed by atoms with Gasteiger partial charge in [-0.15, -0.1) is 0 Å². The lowest BCUT2D eigenvalue weighted by Crippen LogP contribution is -2.55. The molecule has 0 aromatic rings. The highest BCUT2D eigenvalue weighted by Gasteiger charge is 2.34. The lowest BCUT2D eigenvalue weighted by molar-refractivity contribution is 0.130. The fourth-order valence-electron chi connectivity index (χ4n) is 3.30. The second kappa shape index (κ2) is 5.08. The Morgan fingerprint density at radius 2 is 1.44 bits per heavy atom. The molecule has 1 unspecified atom stereocenters. The molecule has 0 heterocycles. The van der Waals surface area contributed by atoms with E-state index in [1.807, 2.05) is 0 Å². The van der Waals surface area contributed by atoms with Gasteiger partial charge in [0.25, 0.3) is 0 Å². The normalized spacial score (nSPS) is 22.1.